The third kappa shape index (κ3) is 3.58. The Hall–Kier alpha value is -3.78. The lowest BCUT2D eigenvalue weighted by molar-refractivity contribution is 0.100. The zero-order valence-corrected chi connectivity index (χ0v) is 18.2. The maximum atomic E-state index is 11.9. The number of carbonyl (C=O) groups is 1. The van der Waals surface area contributed by atoms with Crippen LogP contribution >= 0.6 is 0 Å². The Morgan fingerprint density at radius 2 is 1.94 bits per heavy atom. The van der Waals surface area contributed by atoms with E-state index in [9.17, 15) is 4.79 Å². The minimum atomic E-state index is -0.508. The number of primary amides is 1. The van der Waals surface area contributed by atoms with Crippen molar-refractivity contribution in [2.24, 2.45) is 5.73 Å². The standard InChI is InChI=1S/C24H25N7O/c1-15-20(31-11-6-9-17(21(25)32)24(31)27-15)23-28-19-10-12-30(2)14-18(19)22(29-23)26-13-16-7-4-3-5-8-16/h3-9,11H,10,12-14H2,1-2H3,(H2,25,32)(H,26,28,29). The minimum absolute atomic E-state index is 0.379. The van der Waals surface area contributed by atoms with Gasteiger partial charge in [0, 0.05) is 37.8 Å². The zero-order chi connectivity index (χ0) is 22.2. The number of amides is 1. The highest BCUT2D eigenvalue weighted by molar-refractivity contribution is 5.99. The number of hydrogen-bond acceptors (Lipinski definition) is 6. The van der Waals surface area contributed by atoms with Gasteiger partial charge in [0.2, 0.25) is 0 Å². The van der Waals surface area contributed by atoms with Gasteiger partial charge in [-0.15, -0.1) is 0 Å². The second kappa shape index (κ2) is 8.05. The molecule has 0 unspecified atom stereocenters. The van der Waals surface area contributed by atoms with Crippen LogP contribution in [-0.2, 0) is 19.5 Å². The molecule has 0 fully saturated rings. The maximum Gasteiger partial charge on any atom is 0.252 e. The molecule has 0 saturated carbocycles. The summed E-state index contributed by atoms with van der Waals surface area (Å²) in [4.78, 5) is 28.7. The SMILES string of the molecule is Cc1nc2c(C(N)=O)cccn2c1-c1nc2c(c(NCc3ccccc3)n1)CN(C)CC2. The molecule has 4 heterocycles. The highest BCUT2D eigenvalue weighted by Gasteiger charge is 2.24. The van der Waals surface area contributed by atoms with Gasteiger partial charge in [0.05, 0.1) is 17.0 Å². The van der Waals surface area contributed by atoms with Crippen molar-refractivity contribution in [1.29, 1.82) is 0 Å². The van der Waals surface area contributed by atoms with Crippen molar-refractivity contribution < 1.29 is 4.79 Å². The first-order valence-corrected chi connectivity index (χ1v) is 10.6. The van der Waals surface area contributed by atoms with Crippen LogP contribution in [0.4, 0.5) is 5.82 Å². The van der Waals surface area contributed by atoms with Gasteiger partial charge in [-0.2, -0.15) is 0 Å². The normalized spacial score (nSPS) is 13.8. The molecule has 4 aromatic rings. The van der Waals surface area contributed by atoms with E-state index in [4.69, 9.17) is 15.7 Å². The molecule has 1 aliphatic rings. The van der Waals surface area contributed by atoms with Crippen LogP contribution in [0.15, 0.2) is 48.7 Å². The lowest BCUT2D eigenvalue weighted by Gasteiger charge is -2.26. The summed E-state index contributed by atoms with van der Waals surface area (Å²) >= 11 is 0. The van der Waals surface area contributed by atoms with Crippen LogP contribution in [0.5, 0.6) is 0 Å². The molecule has 0 atom stereocenters. The van der Waals surface area contributed by atoms with E-state index in [2.05, 4.69) is 34.4 Å². The molecule has 0 radical (unpaired) electrons. The summed E-state index contributed by atoms with van der Waals surface area (Å²) in [6.07, 6.45) is 2.72. The summed E-state index contributed by atoms with van der Waals surface area (Å²) in [5.41, 5.74) is 11.3. The monoisotopic (exact) mass is 427 g/mol. The van der Waals surface area contributed by atoms with E-state index in [1.807, 2.05) is 35.7 Å². The van der Waals surface area contributed by atoms with Crippen LogP contribution in [0.2, 0.25) is 0 Å². The van der Waals surface area contributed by atoms with Crippen LogP contribution in [0.3, 0.4) is 0 Å². The lowest BCUT2D eigenvalue weighted by Crippen LogP contribution is -2.29. The van der Waals surface area contributed by atoms with Gasteiger partial charge in [-0.1, -0.05) is 30.3 Å². The molecule has 0 bridgehead atoms. The summed E-state index contributed by atoms with van der Waals surface area (Å²) in [7, 11) is 2.11. The Labute approximate surface area is 186 Å². The minimum Gasteiger partial charge on any atom is -0.366 e. The fraction of sp³-hybridized carbons (Fsp3) is 0.250. The molecule has 0 aliphatic carbocycles. The Morgan fingerprint density at radius 1 is 1.12 bits per heavy atom. The van der Waals surface area contributed by atoms with E-state index in [1.54, 1.807) is 12.1 Å². The number of nitrogens with two attached hydrogens (primary N) is 1. The van der Waals surface area contributed by atoms with E-state index in [0.717, 1.165) is 48.0 Å². The summed E-state index contributed by atoms with van der Waals surface area (Å²) in [6.45, 7) is 4.32. The fourth-order valence-corrected chi connectivity index (χ4v) is 4.23. The van der Waals surface area contributed by atoms with Crippen molar-refractivity contribution in [2.45, 2.75) is 26.4 Å². The molecule has 32 heavy (non-hydrogen) atoms. The number of carbonyl (C=O) groups excluding carboxylic acids is 1. The van der Waals surface area contributed by atoms with Crippen LogP contribution in [0.25, 0.3) is 17.2 Å². The van der Waals surface area contributed by atoms with Gasteiger partial charge < -0.3 is 16.0 Å². The largest absolute Gasteiger partial charge is 0.366 e. The van der Waals surface area contributed by atoms with Gasteiger partial charge in [0.1, 0.15) is 17.2 Å². The van der Waals surface area contributed by atoms with Crippen LogP contribution < -0.4 is 11.1 Å². The van der Waals surface area contributed by atoms with Crippen molar-refractivity contribution in [3.63, 3.8) is 0 Å². The topological polar surface area (TPSA) is 101 Å². The highest BCUT2D eigenvalue weighted by Crippen LogP contribution is 2.29. The van der Waals surface area contributed by atoms with Gasteiger partial charge in [-0.05, 0) is 31.7 Å². The molecule has 1 aliphatic heterocycles. The first kappa shape index (κ1) is 20.1. The van der Waals surface area contributed by atoms with E-state index in [1.165, 1.54) is 5.56 Å². The van der Waals surface area contributed by atoms with E-state index in [0.29, 0.717) is 23.6 Å². The van der Waals surface area contributed by atoms with Gasteiger partial charge in [0.15, 0.2) is 5.82 Å². The van der Waals surface area contributed by atoms with Gasteiger partial charge in [-0.3, -0.25) is 9.20 Å². The van der Waals surface area contributed by atoms with E-state index in [-0.39, 0.29) is 0 Å². The number of likely N-dealkylation sites (N-methyl/N-ethyl adjacent to an activating group) is 1. The average molecular weight is 428 g/mol. The summed E-state index contributed by atoms with van der Waals surface area (Å²) < 4.78 is 1.85. The van der Waals surface area contributed by atoms with Crippen LogP contribution in [0, 0.1) is 6.92 Å². The number of aromatic nitrogens is 4. The number of nitrogens with zero attached hydrogens (tertiary/aromatic N) is 5. The Kier molecular flexibility index (Phi) is 5.07. The van der Waals surface area contributed by atoms with E-state index < -0.39 is 5.91 Å². The van der Waals surface area contributed by atoms with Gasteiger partial charge in [0.25, 0.3) is 5.91 Å². The molecule has 3 N–H and O–H groups in total. The molecule has 1 amide bonds. The van der Waals surface area contributed by atoms with Gasteiger partial charge in [-0.25, -0.2) is 15.0 Å². The summed E-state index contributed by atoms with van der Waals surface area (Å²) in [5, 5.41) is 3.53. The number of fused-ring (bicyclic) bond motifs is 2. The molecule has 0 spiro atoms. The Balaban J connectivity index is 1.63. The zero-order valence-electron chi connectivity index (χ0n) is 18.2. The van der Waals surface area contributed by atoms with Crippen molar-refractivity contribution >= 4 is 17.4 Å². The fourth-order valence-electron chi connectivity index (χ4n) is 4.23. The summed E-state index contributed by atoms with van der Waals surface area (Å²) in [5.74, 6) is 0.919. The first-order valence-electron chi connectivity index (χ1n) is 10.6. The van der Waals surface area contributed by atoms with Crippen molar-refractivity contribution in [1.82, 2.24) is 24.3 Å². The maximum absolute atomic E-state index is 11.9. The second-order valence-corrected chi connectivity index (χ2v) is 8.17. The van der Waals surface area contributed by atoms with Crippen molar-refractivity contribution in [2.75, 3.05) is 18.9 Å². The quantitative estimate of drug-likeness (QED) is 0.508. The van der Waals surface area contributed by atoms with Crippen LogP contribution in [-0.4, -0.2) is 43.8 Å². The third-order valence-corrected chi connectivity index (χ3v) is 5.86. The first-order chi connectivity index (χ1) is 15.5. The van der Waals surface area contributed by atoms with Crippen LogP contribution in [0.1, 0.15) is 32.9 Å². The Morgan fingerprint density at radius 3 is 2.72 bits per heavy atom. The Bertz CT molecular complexity index is 1310. The molecule has 8 nitrogen and oxygen atoms in total. The van der Waals surface area contributed by atoms with Gasteiger partial charge >= 0.3 is 0 Å². The molecule has 8 heteroatoms. The number of anilines is 1. The molecule has 5 rings (SSSR count). The van der Waals surface area contributed by atoms with E-state index >= 15 is 0 Å². The predicted molar refractivity (Wildman–Crippen MR) is 123 cm³/mol. The number of imidazole rings is 1. The second-order valence-electron chi connectivity index (χ2n) is 8.17. The third-order valence-electron chi connectivity index (χ3n) is 5.86. The average Bonchev–Trinajstić information content (AvgIpc) is 3.13. The molecule has 162 valence electrons. The molecule has 1 aromatic carbocycles. The van der Waals surface area contributed by atoms with Crippen molar-refractivity contribution in [3.8, 4) is 11.5 Å². The molecular weight excluding hydrogens is 402 g/mol. The summed E-state index contributed by atoms with van der Waals surface area (Å²) in [6, 6.07) is 13.7. The lowest BCUT2D eigenvalue weighted by atomic mass is 10.1. The number of rotatable bonds is 5. The van der Waals surface area contributed by atoms with Crippen molar-refractivity contribution in [3.05, 3.63) is 76.7 Å². The highest BCUT2D eigenvalue weighted by atomic mass is 16.1. The number of benzene rings is 1. The molecule has 0 saturated heterocycles. The number of pyridine rings is 1. The predicted octanol–water partition coefficient (Wildman–Crippen LogP) is 2.80. The number of aryl methyl sites for hydroxylation is 1. The number of nitrogens with one attached hydrogen (secondary N) is 1. The molecular formula is C24H25N7O. The smallest absolute Gasteiger partial charge is 0.252 e. The number of hydrogen-bond donors (Lipinski definition) is 2. The molecule has 3 aromatic heterocycles.